The highest BCUT2D eigenvalue weighted by Crippen LogP contribution is 2.28. The molecular formula is C12H10N5O4-. The van der Waals surface area contributed by atoms with Gasteiger partial charge in [0.2, 0.25) is 0 Å². The van der Waals surface area contributed by atoms with E-state index in [0.29, 0.717) is 17.1 Å². The van der Waals surface area contributed by atoms with E-state index in [1.807, 2.05) is 0 Å². The summed E-state index contributed by atoms with van der Waals surface area (Å²) in [5, 5.41) is 36.1. The van der Waals surface area contributed by atoms with Crippen molar-refractivity contribution in [3.8, 4) is 0 Å². The number of carboxylic acid groups (broad SMARTS) is 1. The number of rotatable bonds is 4. The summed E-state index contributed by atoms with van der Waals surface area (Å²) in [6.07, 6.45) is 0. The second kappa shape index (κ2) is 5.49. The highest BCUT2D eigenvalue weighted by atomic mass is 16.6. The fourth-order valence-corrected chi connectivity index (χ4v) is 1.68. The summed E-state index contributed by atoms with van der Waals surface area (Å²) in [5.41, 5.74) is 0.982. The minimum atomic E-state index is -1.56. The molecule has 108 valence electrons. The Morgan fingerprint density at radius 1 is 1.33 bits per heavy atom. The van der Waals surface area contributed by atoms with Gasteiger partial charge in [-0.05, 0) is 19.9 Å². The quantitative estimate of drug-likeness (QED) is 0.518. The third kappa shape index (κ3) is 2.91. The first-order chi connectivity index (χ1) is 9.90. The van der Waals surface area contributed by atoms with Crippen LogP contribution in [0.5, 0.6) is 0 Å². The second-order valence-electron chi connectivity index (χ2n) is 4.23. The van der Waals surface area contributed by atoms with Crippen molar-refractivity contribution >= 4 is 23.0 Å². The SMILES string of the molecule is Cc1n[nH]c(C)c1N=Nc1ccc([N+](=O)[O-])cc1C(=O)[O-]. The molecule has 1 N–H and O–H groups in total. The van der Waals surface area contributed by atoms with Crippen molar-refractivity contribution in [2.24, 2.45) is 10.2 Å². The molecular weight excluding hydrogens is 278 g/mol. The zero-order valence-electron chi connectivity index (χ0n) is 11.2. The maximum Gasteiger partial charge on any atom is 0.270 e. The van der Waals surface area contributed by atoms with E-state index in [4.69, 9.17) is 0 Å². The number of nitro groups is 1. The molecule has 0 bridgehead atoms. The lowest BCUT2D eigenvalue weighted by Gasteiger charge is -2.05. The Hall–Kier alpha value is -3.10. The number of hydrogen-bond acceptors (Lipinski definition) is 7. The van der Waals surface area contributed by atoms with E-state index in [2.05, 4.69) is 20.4 Å². The van der Waals surface area contributed by atoms with Crippen LogP contribution < -0.4 is 5.11 Å². The molecule has 0 spiro atoms. The number of nitrogens with zero attached hydrogens (tertiary/aromatic N) is 4. The molecule has 21 heavy (non-hydrogen) atoms. The van der Waals surface area contributed by atoms with Crippen molar-refractivity contribution in [2.75, 3.05) is 0 Å². The summed E-state index contributed by atoms with van der Waals surface area (Å²) in [5.74, 6) is -1.56. The largest absolute Gasteiger partial charge is 0.545 e. The zero-order valence-corrected chi connectivity index (χ0v) is 11.2. The molecule has 0 saturated heterocycles. The molecule has 1 aromatic carbocycles. The van der Waals surface area contributed by atoms with Crippen LogP contribution in [0.2, 0.25) is 0 Å². The topological polar surface area (TPSA) is 137 Å². The number of benzene rings is 1. The Morgan fingerprint density at radius 3 is 2.57 bits per heavy atom. The predicted octanol–water partition coefficient (Wildman–Crippen LogP) is 1.71. The standard InChI is InChI=1S/C12H11N5O4/c1-6-11(7(2)14-13-6)16-15-10-4-3-8(17(20)21)5-9(10)12(18)19/h3-5H,1-2H3,(H,13,14)(H,18,19)/p-1. The molecule has 0 fully saturated rings. The van der Waals surface area contributed by atoms with Crippen molar-refractivity contribution in [3.05, 3.63) is 45.3 Å². The number of non-ortho nitro benzene ring substituents is 1. The van der Waals surface area contributed by atoms with Gasteiger partial charge in [0.15, 0.2) is 0 Å². The van der Waals surface area contributed by atoms with Gasteiger partial charge in [0.05, 0.1) is 28.0 Å². The van der Waals surface area contributed by atoms with Crippen molar-refractivity contribution < 1.29 is 14.8 Å². The molecule has 2 rings (SSSR count). The van der Waals surface area contributed by atoms with Crippen LogP contribution in [0, 0.1) is 24.0 Å². The summed E-state index contributed by atoms with van der Waals surface area (Å²) < 4.78 is 0. The lowest BCUT2D eigenvalue weighted by Crippen LogP contribution is -2.22. The van der Waals surface area contributed by atoms with E-state index in [1.54, 1.807) is 13.8 Å². The number of aromatic carboxylic acids is 1. The van der Waals surface area contributed by atoms with E-state index >= 15 is 0 Å². The van der Waals surface area contributed by atoms with Crippen LogP contribution in [0.25, 0.3) is 0 Å². The molecule has 2 aromatic rings. The minimum absolute atomic E-state index is 0.0272. The van der Waals surface area contributed by atoms with E-state index in [-0.39, 0.29) is 11.4 Å². The first-order valence-electron chi connectivity index (χ1n) is 5.83. The van der Waals surface area contributed by atoms with Crippen LogP contribution in [-0.2, 0) is 0 Å². The lowest BCUT2D eigenvalue weighted by molar-refractivity contribution is -0.385. The monoisotopic (exact) mass is 288 g/mol. The van der Waals surface area contributed by atoms with Gasteiger partial charge in [-0.3, -0.25) is 15.2 Å². The number of hydrogen-bond donors (Lipinski definition) is 1. The van der Waals surface area contributed by atoms with Crippen molar-refractivity contribution in [1.82, 2.24) is 10.2 Å². The highest BCUT2D eigenvalue weighted by Gasteiger charge is 2.12. The van der Waals surface area contributed by atoms with Crippen molar-refractivity contribution in [2.45, 2.75) is 13.8 Å². The van der Waals surface area contributed by atoms with Gasteiger partial charge in [0.1, 0.15) is 5.69 Å². The molecule has 0 atom stereocenters. The maximum atomic E-state index is 11.0. The molecule has 0 aliphatic carbocycles. The predicted molar refractivity (Wildman–Crippen MR) is 69.7 cm³/mol. The number of nitro benzene ring substituents is 1. The third-order valence-corrected chi connectivity index (χ3v) is 2.76. The summed E-state index contributed by atoms with van der Waals surface area (Å²) >= 11 is 0. The van der Waals surface area contributed by atoms with Crippen LogP contribution in [0.3, 0.4) is 0 Å². The number of aromatic amines is 1. The summed E-state index contributed by atoms with van der Waals surface area (Å²) in [6.45, 7) is 3.46. The first kappa shape index (κ1) is 14.3. The molecule has 0 aliphatic rings. The number of aryl methyl sites for hydroxylation is 2. The number of nitrogens with one attached hydrogen (secondary N) is 1. The lowest BCUT2D eigenvalue weighted by atomic mass is 10.1. The molecule has 9 heteroatoms. The van der Waals surface area contributed by atoms with Crippen LogP contribution in [0.15, 0.2) is 28.4 Å². The van der Waals surface area contributed by atoms with Gasteiger partial charge in [-0.2, -0.15) is 5.10 Å². The second-order valence-corrected chi connectivity index (χ2v) is 4.23. The van der Waals surface area contributed by atoms with E-state index in [0.717, 1.165) is 12.1 Å². The van der Waals surface area contributed by atoms with Gasteiger partial charge >= 0.3 is 0 Å². The fourth-order valence-electron chi connectivity index (χ4n) is 1.68. The van der Waals surface area contributed by atoms with Gasteiger partial charge < -0.3 is 9.90 Å². The normalized spacial score (nSPS) is 11.0. The Bertz CT molecular complexity index is 731. The van der Waals surface area contributed by atoms with E-state index in [9.17, 15) is 20.0 Å². The number of aromatic nitrogens is 2. The Kier molecular flexibility index (Phi) is 3.74. The number of carboxylic acids is 1. The maximum absolute atomic E-state index is 11.0. The first-order valence-corrected chi connectivity index (χ1v) is 5.83. The smallest absolute Gasteiger partial charge is 0.270 e. The molecule has 0 radical (unpaired) electrons. The molecule has 0 amide bonds. The molecule has 9 nitrogen and oxygen atoms in total. The number of carbonyl (C=O) groups is 1. The van der Waals surface area contributed by atoms with Gasteiger partial charge in [-0.1, -0.05) is 0 Å². The Labute approximate surface area is 118 Å². The van der Waals surface area contributed by atoms with Crippen molar-refractivity contribution in [1.29, 1.82) is 0 Å². The van der Waals surface area contributed by atoms with Gasteiger partial charge in [0, 0.05) is 17.7 Å². The van der Waals surface area contributed by atoms with Gasteiger partial charge in [-0.25, -0.2) is 0 Å². The van der Waals surface area contributed by atoms with Crippen LogP contribution in [0.4, 0.5) is 17.1 Å². The van der Waals surface area contributed by atoms with Crippen LogP contribution in [-0.4, -0.2) is 21.1 Å². The number of carbonyl (C=O) groups excluding carboxylic acids is 1. The minimum Gasteiger partial charge on any atom is -0.545 e. The highest BCUT2D eigenvalue weighted by molar-refractivity contribution is 5.92. The molecule has 1 heterocycles. The average Bonchev–Trinajstić information content (AvgIpc) is 2.75. The molecule has 1 aromatic heterocycles. The summed E-state index contributed by atoms with van der Waals surface area (Å²) in [4.78, 5) is 21.0. The number of H-pyrrole nitrogens is 1. The fraction of sp³-hybridized carbons (Fsp3) is 0.167. The zero-order chi connectivity index (χ0) is 15.6. The van der Waals surface area contributed by atoms with Gasteiger partial charge in [-0.15, -0.1) is 10.2 Å². The third-order valence-electron chi connectivity index (χ3n) is 2.76. The average molecular weight is 288 g/mol. The number of azo groups is 1. The van der Waals surface area contributed by atoms with Crippen LogP contribution in [0.1, 0.15) is 21.7 Å². The summed E-state index contributed by atoms with van der Waals surface area (Å²) in [6, 6.07) is 3.24. The van der Waals surface area contributed by atoms with Gasteiger partial charge in [0.25, 0.3) is 5.69 Å². The van der Waals surface area contributed by atoms with Crippen molar-refractivity contribution in [3.63, 3.8) is 0 Å². The van der Waals surface area contributed by atoms with Crippen LogP contribution >= 0.6 is 0 Å². The van der Waals surface area contributed by atoms with E-state index in [1.165, 1.54) is 6.07 Å². The Morgan fingerprint density at radius 2 is 2.05 bits per heavy atom. The molecule has 0 saturated carbocycles. The molecule has 0 unspecified atom stereocenters. The Balaban J connectivity index is 2.45. The van der Waals surface area contributed by atoms with E-state index < -0.39 is 16.5 Å². The molecule has 0 aliphatic heterocycles. The summed E-state index contributed by atoms with van der Waals surface area (Å²) in [7, 11) is 0.